The fourth-order valence-electron chi connectivity index (χ4n) is 1.68. The number of hydrogen-bond acceptors (Lipinski definition) is 2. The minimum absolute atomic E-state index is 0.0681. The summed E-state index contributed by atoms with van der Waals surface area (Å²) in [7, 11) is 0. The molecule has 0 aromatic carbocycles. The zero-order chi connectivity index (χ0) is 11.1. The summed E-state index contributed by atoms with van der Waals surface area (Å²) in [5, 5.41) is 0. The van der Waals surface area contributed by atoms with Crippen LogP contribution < -0.4 is 0 Å². The van der Waals surface area contributed by atoms with E-state index in [1.807, 2.05) is 6.92 Å². The van der Waals surface area contributed by atoms with Crippen LogP contribution in [0, 0.1) is 0 Å². The summed E-state index contributed by atoms with van der Waals surface area (Å²) in [6.45, 7) is 4.80. The summed E-state index contributed by atoms with van der Waals surface area (Å²) in [6, 6.07) is 0. The second-order valence-corrected chi connectivity index (χ2v) is 4.13. The molecule has 0 aliphatic heterocycles. The quantitative estimate of drug-likeness (QED) is 0.364. The molecule has 0 aromatic rings. The number of carbonyl (C=O) groups excluding carboxylic acids is 1. The maximum absolute atomic E-state index is 11.6. The smallest absolute Gasteiger partial charge is 0.333 e. The molecule has 2 nitrogen and oxygen atoms in total. The van der Waals surface area contributed by atoms with Crippen LogP contribution in [-0.2, 0) is 9.53 Å². The number of allylic oxidation sites excluding steroid dienone is 1. The summed E-state index contributed by atoms with van der Waals surface area (Å²) >= 11 is 0. The van der Waals surface area contributed by atoms with Crippen LogP contribution in [0.3, 0.4) is 0 Å². The SMILES string of the molecule is CCCCCCOC(=O)C(CC)=C1CC1. The molecule has 0 radical (unpaired) electrons. The number of rotatable bonds is 7. The van der Waals surface area contributed by atoms with Gasteiger partial charge in [-0.05, 0) is 25.7 Å². The lowest BCUT2D eigenvalue weighted by Gasteiger charge is -2.06. The van der Waals surface area contributed by atoms with Crippen LogP contribution in [0.5, 0.6) is 0 Å². The molecule has 0 bridgehead atoms. The van der Waals surface area contributed by atoms with Crippen LogP contribution in [-0.4, -0.2) is 12.6 Å². The Morgan fingerprint density at radius 3 is 2.47 bits per heavy atom. The van der Waals surface area contributed by atoms with Gasteiger partial charge in [0, 0.05) is 5.57 Å². The van der Waals surface area contributed by atoms with Gasteiger partial charge in [-0.2, -0.15) is 0 Å². The van der Waals surface area contributed by atoms with Crippen LogP contribution in [0.4, 0.5) is 0 Å². The van der Waals surface area contributed by atoms with Crippen LogP contribution in [0.25, 0.3) is 0 Å². The summed E-state index contributed by atoms with van der Waals surface area (Å²) < 4.78 is 5.25. The molecule has 1 saturated carbocycles. The minimum Gasteiger partial charge on any atom is -0.462 e. The molecule has 1 aliphatic rings. The lowest BCUT2D eigenvalue weighted by atomic mass is 10.2. The molecule has 0 aromatic heterocycles. The van der Waals surface area contributed by atoms with Gasteiger partial charge in [-0.3, -0.25) is 0 Å². The zero-order valence-electron chi connectivity index (χ0n) is 9.97. The Morgan fingerprint density at radius 2 is 1.93 bits per heavy atom. The summed E-state index contributed by atoms with van der Waals surface area (Å²) in [5.41, 5.74) is 2.25. The molecule has 15 heavy (non-hydrogen) atoms. The Kier molecular flexibility index (Phi) is 5.44. The highest BCUT2D eigenvalue weighted by molar-refractivity contribution is 5.90. The van der Waals surface area contributed by atoms with Gasteiger partial charge >= 0.3 is 5.97 Å². The first kappa shape index (κ1) is 12.3. The Hall–Kier alpha value is -0.790. The number of carbonyl (C=O) groups is 1. The largest absolute Gasteiger partial charge is 0.462 e. The number of esters is 1. The monoisotopic (exact) mass is 210 g/mol. The van der Waals surface area contributed by atoms with E-state index >= 15 is 0 Å². The molecular weight excluding hydrogens is 188 g/mol. The van der Waals surface area contributed by atoms with E-state index in [2.05, 4.69) is 6.92 Å². The van der Waals surface area contributed by atoms with Crippen molar-refractivity contribution in [3.8, 4) is 0 Å². The fourth-order valence-corrected chi connectivity index (χ4v) is 1.68. The Balaban J connectivity index is 2.15. The van der Waals surface area contributed by atoms with E-state index in [-0.39, 0.29) is 5.97 Å². The van der Waals surface area contributed by atoms with Gasteiger partial charge in [-0.15, -0.1) is 0 Å². The highest BCUT2D eigenvalue weighted by Crippen LogP contribution is 2.33. The highest BCUT2D eigenvalue weighted by Gasteiger charge is 2.22. The third-order valence-corrected chi connectivity index (χ3v) is 2.76. The fraction of sp³-hybridized carbons (Fsp3) is 0.769. The lowest BCUT2D eigenvalue weighted by Crippen LogP contribution is -2.08. The predicted molar refractivity (Wildman–Crippen MR) is 61.7 cm³/mol. The van der Waals surface area contributed by atoms with E-state index in [0.717, 1.165) is 31.3 Å². The normalized spacial score (nSPS) is 13.9. The van der Waals surface area contributed by atoms with Crippen molar-refractivity contribution >= 4 is 5.97 Å². The van der Waals surface area contributed by atoms with Crippen molar-refractivity contribution in [2.45, 2.75) is 58.8 Å². The topological polar surface area (TPSA) is 26.3 Å². The molecule has 1 fully saturated rings. The predicted octanol–water partition coefficient (Wildman–Crippen LogP) is 3.61. The number of ether oxygens (including phenoxy) is 1. The Morgan fingerprint density at radius 1 is 1.20 bits per heavy atom. The third kappa shape index (κ3) is 4.50. The molecule has 2 heteroatoms. The molecule has 0 atom stereocenters. The number of hydrogen-bond donors (Lipinski definition) is 0. The highest BCUT2D eigenvalue weighted by atomic mass is 16.5. The lowest BCUT2D eigenvalue weighted by molar-refractivity contribution is -0.139. The standard InChI is InChI=1S/C13H22O2/c1-3-5-6-7-10-15-13(14)12(4-2)11-8-9-11/h3-10H2,1-2H3. The first-order valence-corrected chi connectivity index (χ1v) is 6.17. The second kappa shape index (κ2) is 6.65. The van der Waals surface area contributed by atoms with Gasteiger partial charge in [0.1, 0.15) is 0 Å². The first-order valence-electron chi connectivity index (χ1n) is 6.17. The Labute approximate surface area is 92.7 Å². The van der Waals surface area contributed by atoms with E-state index in [9.17, 15) is 4.79 Å². The van der Waals surface area contributed by atoms with Gasteiger partial charge < -0.3 is 4.74 Å². The van der Waals surface area contributed by atoms with Gasteiger partial charge in [0.2, 0.25) is 0 Å². The van der Waals surface area contributed by atoms with Gasteiger partial charge in [0.25, 0.3) is 0 Å². The molecule has 86 valence electrons. The minimum atomic E-state index is -0.0681. The summed E-state index contributed by atoms with van der Waals surface area (Å²) in [6.07, 6.45) is 7.66. The molecule has 0 spiro atoms. The van der Waals surface area contributed by atoms with E-state index in [0.29, 0.717) is 6.61 Å². The van der Waals surface area contributed by atoms with Gasteiger partial charge in [-0.25, -0.2) is 4.79 Å². The van der Waals surface area contributed by atoms with Crippen molar-refractivity contribution in [3.63, 3.8) is 0 Å². The van der Waals surface area contributed by atoms with E-state index in [4.69, 9.17) is 4.74 Å². The molecule has 0 heterocycles. The van der Waals surface area contributed by atoms with Crippen molar-refractivity contribution in [1.82, 2.24) is 0 Å². The van der Waals surface area contributed by atoms with E-state index in [1.165, 1.54) is 24.8 Å². The summed E-state index contributed by atoms with van der Waals surface area (Å²) in [5.74, 6) is -0.0681. The molecule has 0 N–H and O–H groups in total. The average Bonchev–Trinajstić information content (AvgIpc) is 3.03. The second-order valence-electron chi connectivity index (χ2n) is 4.13. The molecule has 1 rings (SSSR count). The molecule has 0 amide bonds. The van der Waals surface area contributed by atoms with Gasteiger partial charge in [0.15, 0.2) is 0 Å². The van der Waals surface area contributed by atoms with Crippen molar-refractivity contribution in [2.75, 3.05) is 6.61 Å². The molecule has 0 saturated heterocycles. The maximum atomic E-state index is 11.6. The van der Waals surface area contributed by atoms with Crippen molar-refractivity contribution in [3.05, 3.63) is 11.1 Å². The van der Waals surface area contributed by atoms with Crippen LogP contribution in [0.1, 0.15) is 58.8 Å². The van der Waals surface area contributed by atoms with Crippen LogP contribution in [0.2, 0.25) is 0 Å². The first-order chi connectivity index (χ1) is 7.29. The van der Waals surface area contributed by atoms with Gasteiger partial charge in [-0.1, -0.05) is 38.7 Å². The third-order valence-electron chi connectivity index (χ3n) is 2.76. The number of unbranched alkanes of at least 4 members (excludes halogenated alkanes) is 3. The molecular formula is C13H22O2. The van der Waals surface area contributed by atoms with Crippen LogP contribution >= 0.6 is 0 Å². The summed E-state index contributed by atoms with van der Waals surface area (Å²) in [4.78, 5) is 11.6. The van der Waals surface area contributed by atoms with Crippen molar-refractivity contribution in [2.24, 2.45) is 0 Å². The van der Waals surface area contributed by atoms with Crippen LogP contribution in [0.15, 0.2) is 11.1 Å². The van der Waals surface area contributed by atoms with E-state index in [1.54, 1.807) is 0 Å². The zero-order valence-corrected chi connectivity index (χ0v) is 9.97. The van der Waals surface area contributed by atoms with Gasteiger partial charge in [0.05, 0.1) is 6.61 Å². The Bertz CT molecular complexity index is 235. The average molecular weight is 210 g/mol. The maximum Gasteiger partial charge on any atom is 0.333 e. The molecule has 1 aliphatic carbocycles. The van der Waals surface area contributed by atoms with Crippen molar-refractivity contribution < 1.29 is 9.53 Å². The van der Waals surface area contributed by atoms with Crippen molar-refractivity contribution in [1.29, 1.82) is 0 Å². The molecule has 0 unspecified atom stereocenters. The van der Waals surface area contributed by atoms with E-state index < -0.39 is 0 Å².